The smallest absolute Gasteiger partial charge is 0.308 e. The zero-order chi connectivity index (χ0) is 15.9. The summed E-state index contributed by atoms with van der Waals surface area (Å²) in [5.41, 5.74) is 0.781. The molecule has 5 nitrogen and oxygen atoms in total. The van der Waals surface area contributed by atoms with Crippen molar-refractivity contribution in [1.29, 1.82) is 0 Å². The van der Waals surface area contributed by atoms with Gasteiger partial charge in [-0.05, 0) is 24.6 Å². The second kappa shape index (κ2) is 7.45. The van der Waals surface area contributed by atoms with E-state index in [2.05, 4.69) is 5.32 Å². The van der Waals surface area contributed by atoms with Gasteiger partial charge in [0.25, 0.3) is 0 Å². The zero-order valence-electron chi connectivity index (χ0n) is 12.4. The van der Waals surface area contributed by atoms with Gasteiger partial charge in [-0.3, -0.25) is 9.59 Å². The molecule has 0 aliphatic heterocycles. The molecule has 2 unspecified atom stereocenters. The lowest BCUT2D eigenvalue weighted by atomic mass is 9.94. The number of hydrogen-bond donors (Lipinski definition) is 2. The summed E-state index contributed by atoms with van der Waals surface area (Å²) in [4.78, 5) is 23.4. The number of carboxylic acid groups (broad SMARTS) is 1. The zero-order valence-corrected chi connectivity index (χ0v) is 12.4. The van der Waals surface area contributed by atoms with Gasteiger partial charge < -0.3 is 14.8 Å². The number of nitrogens with one attached hydrogen (secondary N) is 1. The van der Waals surface area contributed by atoms with Crippen LogP contribution < -0.4 is 5.32 Å². The fourth-order valence-corrected chi connectivity index (χ4v) is 2.24. The summed E-state index contributed by atoms with van der Waals surface area (Å²) in [6, 6.07) is 12.2. The van der Waals surface area contributed by atoms with Crippen LogP contribution in [0, 0.1) is 5.92 Å². The third-order valence-corrected chi connectivity index (χ3v) is 3.54. The maximum Gasteiger partial charge on any atom is 0.308 e. The quantitative estimate of drug-likeness (QED) is 0.824. The van der Waals surface area contributed by atoms with E-state index in [4.69, 9.17) is 4.42 Å². The van der Waals surface area contributed by atoms with Crippen molar-refractivity contribution in [2.75, 3.05) is 0 Å². The predicted molar refractivity (Wildman–Crippen MR) is 81.2 cm³/mol. The van der Waals surface area contributed by atoms with Crippen molar-refractivity contribution in [3.8, 4) is 0 Å². The van der Waals surface area contributed by atoms with E-state index in [9.17, 15) is 14.7 Å². The van der Waals surface area contributed by atoms with Crippen LogP contribution in [-0.2, 0) is 16.0 Å². The molecule has 116 valence electrons. The third-order valence-electron chi connectivity index (χ3n) is 3.54. The van der Waals surface area contributed by atoms with E-state index in [1.807, 2.05) is 36.4 Å². The molecule has 2 rings (SSSR count). The molecule has 0 radical (unpaired) electrons. The lowest BCUT2D eigenvalue weighted by Crippen LogP contribution is -2.35. The highest BCUT2D eigenvalue weighted by Crippen LogP contribution is 2.22. The standard InChI is InChI=1S/C17H19NO4/c1-12(17(20)21)16(13-6-3-2-4-7-13)18-15(19)10-9-14-8-5-11-22-14/h2-8,11-12,16H,9-10H2,1H3,(H,18,19)(H,20,21). The highest BCUT2D eigenvalue weighted by Gasteiger charge is 2.26. The summed E-state index contributed by atoms with van der Waals surface area (Å²) < 4.78 is 5.19. The third kappa shape index (κ3) is 4.22. The van der Waals surface area contributed by atoms with Crippen LogP contribution in [0.25, 0.3) is 0 Å². The predicted octanol–water partition coefficient (Wildman–Crippen LogP) is 2.79. The molecule has 0 spiro atoms. The number of carbonyl (C=O) groups excluding carboxylic acids is 1. The first kappa shape index (κ1) is 15.8. The maximum atomic E-state index is 12.1. The summed E-state index contributed by atoms with van der Waals surface area (Å²) in [7, 11) is 0. The molecule has 5 heteroatoms. The number of aryl methyl sites for hydroxylation is 1. The fraction of sp³-hybridized carbons (Fsp3) is 0.294. The Kier molecular flexibility index (Phi) is 5.36. The first-order chi connectivity index (χ1) is 10.6. The Morgan fingerprint density at radius 3 is 2.50 bits per heavy atom. The van der Waals surface area contributed by atoms with E-state index < -0.39 is 17.9 Å². The van der Waals surface area contributed by atoms with Gasteiger partial charge in [-0.1, -0.05) is 30.3 Å². The van der Waals surface area contributed by atoms with Crippen LogP contribution in [0.1, 0.15) is 30.7 Å². The van der Waals surface area contributed by atoms with Crippen molar-refractivity contribution in [3.63, 3.8) is 0 Å². The molecule has 1 aromatic carbocycles. The molecule has 0 fully saturated rings. The molecule has 1 heterocycles. The van der Waals surface area contributed by atoms with Crippen LogP contribution in [-0.4, -0.2) is 17.0 Å². The molecule has 2 aromatic rings. The van der Waals surface area contributed by atoms with E-state index in [1.165, 1.54) is 0 Å². The number of carbonyl (C=O) groups is 2. The molecule has 0 aliphatic rings. The lowest BCUT2D eigenvalue weighted by Gasteiger charge is -2.23. The summed E-state index contributed by atoms with van der Waals surface area (Å²) in [6.45, 7) is 1.59. The van der Waals surface area contributed by atoms with Crippen LogP contribution in [0.4, 0.5) is 0 Å². The molecule has 1 aromatic heterocycles. The van der Waals surface area contributed by atoms with Crippen molar-refractivity contribution in [3.05, 3.63) is 60.1 Å². The van der Waals surface area contributed by atoms with Crippen molar-refractivity contribution >= 4 is 11.9 Å². The number of aliphatic carboxylic acids is 1. The van der Waals surface area contributed by atoms with E-state index >= 15 is 0 Å². The summed E-state index contributed by atoms with van der Waals surface area (Å²) >= 11 is 0. The molecule has 2 N–H and O–H groups in total. The molecule has 1 amide bonds. The first-order valence-corrected chi connectivity index (χ1v) is 7.17. The van der Waals surface area contributed by atoms with Crippen molar-refractivity contribution < 1.29 is 19.1 Å². The van der Waals surface area contributed by atoms with Gasteiger partial charge >= 0.3 is 5.97 Å². The van der Waals surface area contributed by atoms with Gasteiger partial charge in [0.15, 0.2) is 0 Å². The Morgan fingerprint density at radius 1 is 1.18 bits per heavy atom. The number of carboxylic acids is 1. The molecule has 22 heavy (non-hydrogen) atoms. The summed E-state index contributed by atoms with van der Waals surface area (Å²) in [5.74, 6) is -1.12. The minimum Gasteiger partial charge on any atom is -0.481 e. The first-order valence-electron chi connectivity index (χ1n) is 7.17. The van der Waals surface area contributed by atoms with Crippen molar-refractivity contribution in [2.24, 2.45) is 5.92 Å². The Morgan fingerprint density at radius 2 is 1.91 bits per heavy atom. The van der Waals surface area contributed by atoms with Gasteiger partial charge in [-0.25, -0.2) is 0 Å². The Hall–Kier alpha value is -2.56. The molecular formula is C17H19NO4. The molecule has 0 saturated carbocycles. The molecular weight excluding hydrogens is 282 g/mol. The topological polar surface area (TPSA) is 79.5 Å². The number of benzene rings is 1. The molecule has 0 aliphatic carbocycles. The van der Waals surface area contributed by atoms with E-state index in [-0.39, 0.29) is 12.3 Å². The summed E-state index contributed by atoms with van der Waals surface area (Å²) in [5, 5.41) is 12.1. The van der Waals surface area contributed by atoms with Gasteiger partial charge in [0.05, 0.1) is 18.2 Å². The van der Waals surface area contributed by atoms with Crippen LogP contribution in [0.15, 0.2) is 53.1 Å². The van der Waals surface area contributed by atoms with Crippen molar-refractivity contribution in [1.82, 2.24) is 5.32 Å². The van der Waals surface area contributed by atoms with Gasteiger partial charge in [-0.15, -0.1) is 0 Å². The Labute approximate surface area is 129 Å². The van der Waals surface area contributed by atoms with Gasteiger partial charge in [0, 0.05) is 12.8 Å². The molecule has 2 atom stereocenters. The monoisotopic (exact) mass is 301 g/mol. The van der Waals surface area contributed by atoms with Crippen LogP contribution in [0.3, 0.4) is 0 Å². The average Bonchev–Trinajstić information content (AvgIpc) is 3.04. The number of hydrogen-bond acceptors (Lipinski definition) is 3. The van der Waals surface area contributed by atoms with E-state index in [1.54, 1.807) is 19.3 Å². The lowest BCUT2D eigenvalue weighted by molar-refractivity contribution is -0.142. The summed E-state index contributed by atoms with van der Waals surface area (Å²) in [6.07, 6.45) is 2.30. The van der Waals surface area contributed by atoms with Crippen LogP contribution in [0.2, 0.25) is 0 Å². The largest absolute Gasteiger partial charge is 0.481 e. The van der Waals surface area contributed by atoms with E-state index in [0.717, 1.165) is 11.3 Å². The minimum atomic E-state index is -0.944. The van der Waals surface area contributed by atoms with Crippen LogP contribution >= 0.6 is 0 Å². The van der Waals surface area contributed by atoms with Gasteiger partial charge in [0.1, 0.15) is 5.76 Å². The fourth-order valence-electron chi connectivity index (χ4n) is 2.24. The second-order valence-electron chi connectivity index (χ2n) is 5.16. The number of furan rings is 1. The average molecular weight is 301 g/mol. The minimum absolute atomic E-state index is 0.196. The second-order valence-corrected chi connectivity index (χ2v) is 5.16. The number of amides is 1. The number of rotatable bonds is 7. The molecule has 0 bridgehead atoms. The van der Waals surface area contributed by atoms with E-state index in [0.29, 0.717) is 6.42 Å². The van der Waals surface area contributed by atoms with Crippen molar-refractivity contribution in [2.45, 2.75) is 25.8 Å². The highest BCUT2D eigenvalue weighted by molar-refractivity contribution is 5.78. The SMILES string of the molecule is CC(C(=O)O)C(NC(=O)CCc1ccco1)c1ccccc1. The normalized spacial score (nSPS) is 13.3. The Balaban J connectivity index is 2.02. The van der Waals surface area contributed by atoms with Gasteiger partial charge in [-0.2, -0.15) is 0 Å². The highest BCUT2D eigenvalue weighted by atomic mass is 16.4. The maximum absolute atomic E-state index is 12.1. The van der Waals surface area contributed by atoms with Crippen LogP contribution in [0.5, 0.6) is 0 Å². The molecule has 0 saturated heterocycles. The Bertz CT molecular complexity index is 607. The van der Waals surface area contributed by atoms with Gasteiger partial charge in [0.2, 0.25) is 5.91 Å².